The van der Waals surface area contributed by atoms with Crippen LogP contribution in [0.3, 0.4) is 0 Å². The SMILES string of the molecule is CCCC(=O)NCCCCC(N)=NO. The first kappa shape index (κ1) is 12.7. The first-order chi connectivity index (χ1) is 6.70. The van der Waals surface area contributed by atoms with Gasteiger partial charge in [-0.15, -0.1) is 0 Å². The predicted molar refractivity (Wildman–Crippen MR) is 55.2 cm³/mol. The highest BCUT2D eigenvalue weighted by molar-refractivity contribution is 5.79. The van der Waals surface area contributed by atoms with Crippen molar-refractivity contribution < 1.29 is 10.0 Å². The van der Waals surface area contributed by atoms with Gasteiger partial charge in [-0.2, -0.15) is 0 Å². The Kier molecular flexibility index (Phi) is 7.59. The van der Waals surface area contributed by atoms with E-state index in [4.69, 9.17) is 10.9 Å². The second kappa shape index (κ2) is 8.34. The van der Waals surface area contributed by atoms with Crippen LogP contribution >= 0.6 is 0 Å². The van der Waals surface area contributed by atoms with Crippen molar-refractivity contribution in [3.63, 3.8) is 0 Å². The van der Waals surface area contributed by atoms with Crippen LogP contribution < -0.4 is 11.1 Å². The van der Waals surface area contributed by atoms with E-state index in [2.05, 4.69) is 10.5 Å². The number of hydrogen-bond acceptors (Lipinski definition) is 3. The summed E-state index contributed by atoms with van der Waals surface area (Å²) in [5.74, 6) is 0.334. The maximum absolute atomic E-state index is 11.0. The van der Waals surface area contributed by atoms with Gasteiger partial charge in [-0.1, -0.05) is 12.1 Å². The van der Waals surface area contributed by atoms with E-state index in [-0.39, 0.29) is 11.7 Å². The fourth-order valence-electron chi connectivity index (χ4n) is 1.02. The van der Waals surface area contributed by atoms with Gasteiger partial charge in [0.15, 0.2) is 0 Å². The first-order valence-electron chi connectivity index (χ1n) is 4.93. The van der Waals surface area contributed by atoms with Gasteiger partial charge >= 0.3 is 0 Å². The lowest BCUT2D eigenvalue weighted by Crippen LogP contribution is -2.24. The van der Waals surface area contributed by atoms with Crippen LogP contribution in [0, 0.1) is 0 Å². The van der Waals surface area contributed by atoms with Crippen LogP contribution in [0.15, 0.2) is 5.16 Å². The number of rotatable bonds is 7. The molecule has 1 amide bonds. The Hall–Kier alpha value is -1.26. The van der Waals surface area contributed by atoms with Gasteiger partial charge < -0.3 is 16.3 Å². The molecule has 0 spiro atoms. The maximum Gasteiger partial charge on any atom is 0.219 e. The minimum absolute atomic E-state index is 0.0938. The van der Waals surface area contributed by atoms with Gasteiger partial charge in [0, 0.05) is 19.4 Å². The van der Waals surface area contributed by atoms with Gasteiger partial charge in [-0.25, -0.2) is 0 Å². The fraction of sp³-hybridized carbons (Fsp3) is 0.778. The van der Waals surface area contributed by atoms with Crippen LogP contribution in [-0.2, 0) is 4.79 Å². The number of carbonyl (C=O) groups is 1. The van der Waals surface area contributed by atoms with Crippen molar-refractivity contribution in [2.45, 2.75) is 39.0 Å². The van der Waals surface area contributed by atoms with Crippen LogP contribution in [0.4, 0.5) is 0 Å². The van der Waals surface area contributed by atoms with Crippen LogP contribution in [0.2, 0.25) is 0 Å². The van der Waals surface area contributed by atoms with Crippen molar-refractivity contribution in [2.75, 3.05) is 6.54 Å². The molecule has 0 aliphatic carbocycles. The molecule has 0 fully saturated rings. The molecule has 0 unspecified atom stereocenters. The van der Waals surface area contributed by atoms with Gasteiger partial charge in [0.25, 0.3) is 0 Å². The lowest BCUT2D eigenvalue weighted by Gasteiger charge is -2.03. The molecule has 0 bridgehead atoms. The Morgan fingerprint density at radius 1 is 1.43 bits per heavy atom. The summed E-state index contributed by atoms with van der Waals surface area (Å²) in [5, 5.41) is 13.9. The number of nitrogens with one attached hydrogen (secondary N) is 1. The summed E-state index contributed by atoms with van der Waals surface area (Å²) in [5.41, 5.74) is 5.28. The molecule has 0 aliphatic heterocycles. The predicted octanol–water partition coefficient (Wildman–Crippen LogP) is 0.819. The van der Waals surface area contributed by atoms with Crippen molar-refractivity contribution >= 4 is 11.7 Å². The van der Waals surface area contributed by atoms with E-state index < -0.39 is 0 Å². The molecule has 0 rings (SSSR count). The molecular weight excluding hydrogens is 182 g/mol. The van der Waals surface area contributed by atoms with Gasteiger partial charge in [-0.05, 0) is 19.3 Å². The molecule has 0 aromatic heterocycles. The molecule has 0 aromatic carbocycles. The van der Waals surface area contributed by atoms with Crippen molar-refractivity contribution in [1.29, 1.82) is 0 Å². The molecular formula is C9H19N3O2. The molecule has 0 aliphatic rings. The average Bonchev–Trinajstić information content (AvgIpc) is 2.17. The molecule has 14 heavy (non-hydrogen) atoms. The van der Waals surface area contributed by atoms with E-state index in [9.17, 15) is 4.79 Å². The first-order valence-corrected chi connectivity index (χ1v) is 4.93. The van der Waals surface area contributed by atoms with Crippen molar-refractivity contribution in [3.05, 3.63) is 0 Å². The molecule has 5 nitrogen and oxygen atoms in total. The summed E-state index contributed by atoms with van der Waals surface area (Å²) < 4.78 is 0. The third-order valence-corrected chi connectivity index (χ3v) is 1.79. The average molecular weight is 201 g/mol. The summed E-state index contributed by atoms with van der Waals surface area (Å²) >= 11 is 0. The van der Waals surface area contributed by atoms with Gasteiger partial charge in [0.05, 0.1) is 0 Å². The standard InChI is InChI=1S/C9H19N3O2/c1-2-5-9(13)11-7-4-3-6-8(10)12-14/h14H,2-7H2,1H3,(H2,10,12)(H,11,13). The second-order valence-electron chi connectivity index (χ2n) is 3.15. The lowest BCUT2D eigenvalue weighted by molar-refractivity contribution is -0.121. The number of nitrogens with zero attached hydrogens (tertiary/aromatic N) is 1. The lowest BCUT2D eigenvalue weighted by atomic mass is 10.2. The highest BCUT2D eigenvalue weighted by Gasteiger charge is 1.98. The number of amides is 1. The summed E-state index contributed by atoms with van der Waals surface area (Å²) in [6.07, 6.45) is 3.70. The molecule has 0 atom stereocenters. The van der Waals surface area contributed by atoms with Crippen LogP contribution in [0.25, 0.3) is 0 Å². The van der Waals surface area contributed by atoms with Crippen molar-refractivity contribution in [3.8, 4) is 0 Å². The monoisotopic (exact) mass is 201 g/mol. The Morgan fingerprint density at radius 2 is 2.14 bits per heavy atom. The highest BCUT2D eigenvalue weighted by Crippen LogP contribution is 1.94. The minimum atomic E-state index is 0.0938. The number of amidine groups is 1. The summed E-state index contributed by atoms with van der Waals surface area (Å²) in [4.78, 5) is 11.0. The number of oxime groups is 1. The summed E-state index contributed by atoms with van der Waals surface area (Å²) in [7, 11) is 0. The molecule has 0 saturated heterocycles. The Balaban J connectivity index is 3.25. The molecule has 5 heteroatoms. The zero-order valence-electron chi connectivity index (χ0n) is 8.62. The van der Waals surface area contributed by atoms with Crippen LogP contribution in [0.1, 0.15) is 39.0 Å². The van der Waals surface area contributed by atoms with E-state index >= 15 is 0 Å². The number of carbonyl (C=O) groups excluding carboxylic acids is 1. The third kappa shape index (κ3) is 7.39. The third-order valence-electron chi connectivity index (χ3n) is 1.79. The number of nitrogens with two attached hydrogens (primary N) is 1. The van der Waals surface area contributed by atoms with Gasteiger partial charge in [0.1, 0.15) is 5.84 Å². The largest absolute Gasteiger partial charge is 0.409 e. The van der Waals surface area contributed by atoms with Crippen molar-refractivity contribution in [2.24, 2.45) is 10.9 Å². The Morgan fingerprint density at radius 3 is 2.71 bits per heavy atom. The molecule has 0 aromatic rings. The smallest absolute Gasteiger partial charge is 0.219 e. The van der Waals surface area contributed by atoms with Crippen LogP contribution in [-0.4, -0.2) is 23.5 Å². The molecule has 4 N–H and O–H groups in total. The number of unbranched alkanes of at least 4 members (excludes halogenated alkanes) is 1. The minimum Gasteiger partial charge on any atom is -0.409 e. The normalized spacial score (nSPS) is 11.4. The molecule has 0 saturated carbocycles. The quantitative estimate of drug-likeness (QED) is 0.187. The van der Waals surface area contributed by atoms with Crippen LogP contribution in [0.5, 0.6) is 0 Å². The maximum atomic E-state index is 11.0. The number of hydrogen-bond donors (Lipinski definition) is 3. The molecule has 82 valence electrons. The van der Waals surface area contributed by atoms with E-state index in [0.717, 1.165) is 19.3 Å². The second-order valence-corrected chi connectivity index (χ2v) is 3.15. The van der Waals surface area contributed by atoms with E-state index in [0.29, 0.717) is 19.4 Å². The molecule has 0 heterocycles. The Labute approximate surface area is 84.4 Å². The summed E-state index contributed by atoms with van der Waals surface area (Å²) in [6.45, 7) is 2.63. The van der Waals surface area contributed by atoms with E-state index in [1.54, 1.807) is 0 Å². The molecule has 0 radical (unpaired) electrons. The van der Waals surface area contributed by atoms with Gasteiger partial charge in [-0.3, -0.25) is 4.79 Å². The van der Waals surface area contributed by atoms with E-state index in [1.807, 2.05) is 6.92 Å². The van der Waals surface area contributed by atoms with Crippen molar-refractivity contribution in [1.82, 2.24) is 5.32 Å². The Bertz CT molecular complexity index is 192. The zero-order valence-corrected chi connectivity index (χ0v) is 8.62. The summed E-state index contributed by atoms with van der Waals surface area (Å²) in [6, 6.07) is 0. The highest BCUT2D eigenvalue weighted by atomic mass is 16.4. The van der Waals surface area contributed by atoms with Gasteiger partial charge in [0.2, 0.25) is 5.91 Å². The fourth-order valence-corrected chi connectivity index (χ4v) is 1.02. The zero-order chi connectivity index (χ0) is 10.8. The van der Waals surface area contributed by atoms with E-state index in [1.165, 1.54) is 0 Å². The topological polar surface area (TPSA) is 87.7 Å².